The zero-order valence-corrected chi connectivity index (χ0v) is 19.4. The number of aliphatic hydroxyl groups is 1. The smallest absolute Gasteiger partial charge is 0.0926 e. The van der Waals surface area contributed by atoms with E-state index in [1.54, 1.807) is 0 Å². The van der Waals surface area contributed by atoms with Gasteiger partial charge in [0, 0.05) is 12.1 Å². The summed E-state index contributed by atoms with van der Waals surface area (Å²) in [5.74, 6) is 0. The number of nitrogens with zero attached hydrogens (tertiary/aromatic N) is 1. The number of hydrogen-bond acceptors (Lipinski definition) is 2. The largest absolute Gasteiger partial charge is 0.385 e. The Morgan fingerprint density at radius 2 is 1.22 bits per heavy atom. The van der Waals surface area contributed by atoms with Crippen LogP contribution in [-0.4, -0.2) is 22.1 Å². The zero-order valence-electron chi connectivity index (χ0n) is 19.4. The number of rotatable bonds is 6. The highest BCUT2D eigenvalue weighted by molar-refractivity contribution is 5.42. The summed E-state index contributed by atoms with van der Waals surface area (Å²) in [4.78, 5) is 2.78. The normalized spacial score (nSPS) is 25.4. The zero-order chi connectivity index (χ0) is 22.1. The standard InChI is InChI=1S/C30H35NO/c1-3-22-12-8-10-16-27(22)29(28-17-11-9-13-23(28)4-2)31-25-18-19-26(31)21-30(32,20-25)24-14-6-5-7-15-24/h5-17,25-26,29,32H,3-4,18-21H2,1-2H3. The van der Waals surface area contributed by atoms with Gasteiger partial charge in [-0.05, 0) is 66.3 Å². The lowest BCUT2D eigenvalue weighted by Crippen LogP contribution is -2.51. The summed E-state index contributed by atoms with van der Waals surface area (Å²) in [5, 5.41) is 11.7. The molecule has 166 valence electrons. The Bertz CT molecular complexity index is 998. The maximum atomic E-state index is 11.7. The number of benzene rings is 3. The SMILES string of the molecule is CCc1ccccc1C(c1ccccc1CC)N1C2CCC1CC(O)(c1ccccc1)C2. The predicted molar refractivity (Wildman–Crippen MR) is 132 cm³/mol. The third kappa shape index (κ3) is 3.70. The van der Waals surface area contributed by atoms with Gasteiger partial charge in [-0.3, -0.25) is 4.90 Å². The average Bonchev–Trinajstić information content (AvgIpc) is 3.11. The second-order valence-corrected chi connectivity index (χ2v) is 9.65. The molecule has 2 heteroatoms. The molecule has 0 spiro atoms. The molecule has 2 aliphatic rings. The van der Waals surface area contributed by atoms with Crippen LogP contribution in [0.4, 0.5) is 0 Å². The second-order valence-electron chi connectivity index (χ2n) is 9.65. The van der Waals surface area contributed by atoms with Gasteiger partial charge in [0.1, 0.15) is 0 Å². The Kier molecular flexibility index (Phi) is 5.92. The molecule has 3 aromatic carbocycles. The topological polar surface area (TPSA) is 23.5 Å². The summed E-state index contributed by atoms with van der Waals surface area (Å²) in [6.07, 6.45) is 6.03. The minimum absolute atomic E-state index is 0.250. The van der Waals surface area contributed by atoms with Crippen molar-refractivity contribution in [2.24, 2.45) is 0 Å². The van der Waals surface area contributed by atoms with Crippen LogP contribution in [0, 0.1) is 0 Å². The van der Waals surface area contributed by atoms with Crippen molar-refractivity contribution in [3.63, 3.8) is 0 Å². The predicted octanol–water partition coefficient (Wildman–Crippen LogP) is 6.42. The van der Waals surface area contributed by atoms with Crippen LogP contribution >= 0.6 is 0 Å². The Morgan fingerprint density at radius 3 is 1.72 bits per heavy atom. The molecule has 5 rings (SSSR count). The molecule has 2 fully saturated rings. The molecule has 0 aromatic heterocycles. The minimum atomic E-state index is -0.720. The highest BCUT2D eigenvalue weighted by atomic mass is 16.3. The third-order valence-electron chi connectivity index (χ3n) is 7.89. The second kappa shape index (κ2) is 8.84. The first-order valence-corrected chi connectivity index (χ1v) is 12.4. The summed E-state index contributed by atoms with van der Waals surface area (Å²) < 4.78 is 0. The highest BCUT2D eigenvalue weighted by Crippen LogP contribution is 2.51. The van der Waals surface area contributed by atoms with E-state index in [2.05, 4.69) is 91.5 Å². The fraction of sp³-hybridized carbons (Fsp3) is 0.400. The van der Waals surface area contributed by atoms with E-state index in [9.17, 15) is 5.11 Å². The Hall–Kier alpha value is -2.42. The van der Waals surface area contributed by atoms with E-state index in [0.717, 1.165) is 31.2 Å². The van der Waals surface area contributed by atoms with Crippen molar-refractivity contribution in [3.8, 4) is 0 Å². The minimum Gasteiger partial charge on any atom is -0.385 e. The number of aryl methyl sites for hydroxylation is 2. The summed E-state index contributed by atoms with van der Waals surface area (Å²) in [6, 6.07) is 29.4. The summed E-state index contributed by atoms with van der Waals surface area (Å²) in [6.45, 7) is 4.53. The number of piperidine rings is 1. The van der Waals surface area contributed by atoms with Gasteiger partial charge < -0.3 is 5.11 Å². The summed E-state index contributed by atoms with van der Waals surface area (Å²) in [7, 11) is 0. The van der Waals surface area contributed by atoms with Crippen molar-refractivity contribution < 1.29 is 5.11 Å². The fourth-order valence-electron chi connectivity index (χ4n) is 6.40. The molecule has 2 unspecified atom stereocenters. The van der Waals surface area contributed by atoms with Crippen LogP contribution < -0.4 is 0 Å². The lowest BCUT2D eigenvalue weighted by Gasteiger charge is -2.48. The van der Waals surface area contributed by atoms with E-state index < -0.39 is 5.60 Å². The van der Waals surface area contributed by atoms with Gasteiger partial charge >= 0.3 is 0 Å². The van der Waals surface area contributed by atoms with Gasteiger partial charge in [0.15, 0.2) is 0 Å². The lowest BCUT2D eigenvalue weighted by atomic mass is 9.78. The molecular weight excluding hydrogens is 390 g/mol. The van der Waals surface area contributed by atoms with E-state index in [1.165, 1.54) is 35.1 Å². The highest BCUT2D eigenvalue weighted by Gasteiger charge is 2.51. The molecule has 1 N–H and O–H groups in total. The quantitative estimate of drug-likeness (QED) is 0.493. The maximum absolute atomic E-state index is 11.7. The van der Waals surface area contributed by atoms with E-state index in [0.29, 0.717) is 12.1 Å². The van der Waals surface area contributed by atoms with Crippen LogP contribution in [-0.2, 0) is 18.4 Å². The molecule has 2 atom stereocenters. The molecule has 0 amide bonds. The van der Waals surface area contributed by atoms with E-state index >= 15 is 0 Å². The van der Waals surface area contributed by atoms with Crippen LogP contribution in [0.2, 0.25) is 0 Å². The van der Waals surface area contributed by atoms with Gasteiger partial charge in [-0.25, -0.2) is 0 Å². The van der Waals surface area contributed by atoms with Crippen molar-refractivity contribution in [2.75, 3.05) is 0 Å². The van der Waals surface area contributed by atoms with Crippen LogP contribution in [0.15, 0.2) is 78.9 Å². The number of fused-ring (bicyclic) bond motifs is 2. The molecular formula is C30H35NO. The first kappa shape index (κ1) is 21.4. The Labute approximate surface area is 192 Å². The molecule has 2 nitrogen and oxygen atoms in total. The molecule has 2 aliphatic heterocycles. The summed E-state index contributed by atoms with van der Waals surface area (Å²) >= 11 is 0. The van der Waals surface area contributed by atoms with Gasteiger partial charge in [-0.1, -0.05) is 92.7 Å². The van der Waals surface area contributed by atoms with E-state index in [1.807, 2.05) is 6.07 Å². The first-order valence-electron chi connectivity index (χ1n) is 12.4. The van der Waals surface area contributed by atoms with Gasteiger partial charge in [-0.2, -0.15) is 0 Å². The molecule has 0 aliphatic carbocycles. The molecule has 32 heavy (non-hydrogen) atoms. The average molecular weight is 426 g/mol. The van der Waals surface area contributed by atoms with E-state index in [-0.39, 0.29) is 6.04 Å². The van der Waals surface area contributed by atoms with E-state index in [4.69, 9.17) is 0 Å². The van der Waals surface area contributed by atoms with Gasteiger partial charge in [0.25, 0.3) is 0 Å². The number of hydrogen-bond donors (Lipinski definition) is 1. The first-order chi connectivity index (χ1) is 15.6. The van der Waals surface area contributed by atoms with Crippen molar-refractivity contribution in [2.45, 2.75) is 76.1 Å². The Morgan fingerprint density at radius 1 is 0.750 bits per heavy atom. The van der Waals surface area contributed by atoms with Crippen LogP contribution in [0.5, 0.6) is 0 Å². The molecule has 0 saturated carbocycles. The molecule has 2 saturated heterocycles. The molecule has 3 aromatic rings. The van der Waals surface area contributed by atoms with Gasteiger partial charge in [0.05, 0.1) is 11.6 Å². The Balaban J connectivity index is 1.59. The monoisotopic (exact) mass is 425 g/mol. The molecule has 2 heterocycles. The molecule has 2 bridgehead atoms. The van der Waals surface area contributed by atoms with Crippen molar-refractivity contribution in [1.82, 2.24) is 4.90 Å². The van der Waals surface area contributed by atoms with Crippen molar-refractivity contribution in [3.05, 3.63) is 107 Å². The fourth-order valence-corrected chi connectivity index (χ4v) is 6.40. The van der Waals surface area contributed by atoms with Crippen molar-refractivity contribution >= 4 is 0 Å². The van der Waals surface area contributed by atoms with Crippen LogP contribution in [0.1, 0.15) is 73.4 Å². The maximum Gasteiger partial charge on any atom is 0.0926 e. The third-order valence-corrected chi connectivity index (χ3v) is 7.89. The van der Waals surface area contributed by atoms with Crippen LogP contribution in [0.25, 0.3) is 0 Å². The van der Waals surface area contributed by atoms with Gasteiger partial charge in [0.2, 0.25) is 0 Å². The van der Waals surface area contributed by atoms with Crippen LogP contribution in [0.3, 0.4) is 0 Å². The lowest BCUT2D eigenvalue weighted by molar-refractivity contribution is -0.0658. The summed E-state index contributed by atoms with van der Waals surface area (Å²) in [5.41, 5.74) is 6.12. The molecule has 0 radical (unpaired) electrons. The van der Waals surface area contributed by atoms with Gasteiger partial charge in [-0.15, -0.1) is 0 Å². The van der Waals surface area contributed by atoms with Crippen molar-refractivity contribution in [1.29, 1.82) is 0 Å².